The highest BCUT2D eigenvalue weighted by atomic mass is 32.2. The molecule has 1 aromatic carbocycles. The van der Waals surface area contributed by atoms with E-state index >= 15 is 0 Å². The first-order valence-corrected chi connectivity index (χ1v) is 6.85. The van der Waals surface area contributed by atoms with Crippen LogP contribution in [0.4, 0.5) is 5.69 Å². The van der Waals surface area contributed by atoms with Crippen LogP contribution in [-0.4, -0.2) is 18.5 Å². The van der Waals surface area contributed by atoms with Crippen molar-refractivity contribution in [3.8, 4) is 0 Å². The van der Waals surface area contributed by atoms with Gasteiger partial charge in [0, 0.05) is 29.9 Å². The van der Waals surface area contributed by atoms with Crippen LogP contribution in [0.1, 0.15) is 24.0 Å². The van der Waals surface area contributed by atoms with Gasteiger partial charge < -0.3 is 10.5 Å². The number of nitrogens with two attached hydrogens (primary N) is 1. The largest absolute Gasteiger partial charge is 0.399 e. The minimum Gasteiger partial charge on any atom is -0.399 e. The fraction of sp³-hybridized carbons (Fsp3) is 0.538. The minimum atomic E-state index is 0.759. The van der Waals surface area contributed by atoms with Crippen molar-refractivity contribution in [2.45, 2.75) is 30.8 Å². The molecule has 88 valence electrons. The van der Waals surface area contributed by atoms with Crippen LogP contribution in [-0.2, 0) is 10.5 Å². The van der Waals surface area contributed by atoms with E-state index in [-0.39, 0.29) is 0 Å². The second-order valence-electron chi connectivity index (χ2n) is 4.25. The first kappa shape index (κ1) is 11.8. The van der Waals surface area contributed by atoms with Crippen molar-refractivity contribution < 1.29 is 4.74 Å². The molecule has 1 heterocycles. The quantitative estimate of drug-likeness (QED) is 0.821. The van der Waals surface area contributed by atoms with Gasteiger partial charge in [-0.25, -0.2) is 0 Å². The van der Waals surface area contributed by atoms with E-state index < -0.39 is 0 Å². The second kappa shape index (κ2) is 5.60. The van der Waals surface area contributed by atoms with Gasteiger partial charge in [0.1, 0.15) is 0 Å². The molecule has 0 saturated carbocycles. The molecule has 2 rings (SSSR count). The molecule has 1 saturated heterocycles. The van der Waals surface area contributed by atoms with Gasteiger partial charge in [-0.1, -0.05) is 12.1 Å². The molecule has 2 nitrogen and oxygen atoms in total. The predicted molar refractivity (Wildman–Crippen MR) is 70.7 cm³/mol. The molecular formula is C13H19NOS. The van der Waals surface area contributed by atoms with Gasteiger partial charge in [-0.2, -0.15) is 11.8 Å². The molecule has 0 spiro atoms. The average Bonchev–Trinajstić information content (AvgIpc) is 2.32. The maximum absolute atomic E-state index is 5.90. The van der Waals surface area contributed by atoms with Gasteiger partial charge in [0.05, 0.1) is 0 Å². The molecule has 0 aromatic heterocycles. The van der Waals surface area contributed by atoms with E-state index in [9.17, 15) is 0 Å². The molecule has 0 radical (unpaired) electrons. The average molecular weight is 237 g/mol. The minimum absolute atomic E-state index is 0.759. The number of nitrogen functional groups attached to an aromatic ring is 1. The van der Waals surface area contributed by atoms with Crippen LogP contribution in [0.2, 0.25) is 0 Å². The van der Waals surface area contributed by atoms with Crippen molar-refractivity contribution in [3.05, 3.63) is 29.3 Å². The molecule has 1 fully saturated rings. The molecule has 3 heteroatoms. The maximum Gasteiger partial charge on any atom is 0.0476 e. The number of benzene rings is 1. The lowest BCUT2D eigenvalue weighted by Gasteiger charge is -2.21. The number of ether oxygens (including phenoxy) is 1. The van der Waals surface area contributed by atoms with Gasteiger partial charge in [-0.05, 0) is 37.0 Å². The molecule has 2 N–H and O–H groups in total. The summed E-state index contributed by atoms with van der Waals surface area (Å²) >= 11 is 2.04. The third-order valence-electron chi connectivity index (χ3n) is 3.13. The van der Waals surface area contributed by atoms with Gasteiger partial charge in [0.15, 0.2) is 0 Å². The number of hydrogen-bond donors (Lipinski definition) is 1. The Morgan fingerprint density at radius 1 is 1.38 bits per heavy atom. The third-order valence-corrected chi connectivity index (χ3v) is 4.55. The smallest absolute Gasteiger partial charge is 0.0476 e. The Morgan fingerprint density at radius 3 is 2.88 bits per heavy atom. The summed E-state index contributed by atoms with van der Waals surface area (Å²) in [5, 5.41) is 0.759. The predicted octanol–water partition coefficient (Wildman–Crippen LogP) is 2.99. The van der Waals surface area contributed by atoms with Crippen LogP contribution in [0.25, 0.3) is 0 Å². The van der Waals surface area contributed by atoms with Crippen LogP contribution in [0.15, 0.2) is 18.2 Å². The first-order chi connectivity index (χ1) is 7.77. The topological polar surface area (TPSA) is 35.2 Å². The molecule has 0 unspecified atom stereocenters. The molecular weight excluding hydrogens is 218 g/mol. The summed E-state index contributed by atoms with van der Waals surface area (Å²) in [5.41, 5.74) is 9.42. The maximum atomic E-state index is 5.90. The van der Waals surface area contributed by atoms with Crippen molar-refractivity contribution in [3.63, 3.8) is 0 Å². The zero-order chi connectivity index (χ0) is 11.4. The summed E-state index contributed by atoms with van der Waals surface area (Å²) in [4.78, 5) is 0. The van der Waals surface area contributed by atoms with Gasteiger partial charge in [-0.3, -0.25) is 0 Å². The van der Waals surface area contributed by atoms with E-state index in [1.54, 1.807) is 0 Å². The normalized spacial score (nSPS) is 17.6. The van der Waals surface area contributed by atoms with Gasteiger partial charge in [0.25, 0.3) is 0 Å². The van der Waals surface area contributed by atoms with Crippen molar-refractivity contribution in [2.24, 2.45) is 0 Å². The summed E-state index contributed by atoms with van der Waals surface area (Å²) in [6.07, 6.45) is 2.37. The summed E-state index contributed by atoms with van der Waals surface area (Å²) in [5.74, 6) is 1.07. The van der Waals surface area contributed by atoms with Gasteiger partial charge >= 0.3 is 0 Å². The standard InChI is InChI=1S/C13H19NOS/c1-10-11(3-2-4-13(10)14)9-16-12-5-7-15-8-6-12/h2-4,12H,5-9,14H2,1H3. The van der Waals surface area contributed by atoms with Crippen LogP contribution in [0.5, 0.6) is 0 Å². The molecule has 1 aliphatic rings. The Kier molecular flexibility index (Phi) is 4.13. The molecule has 0 atom stereocenters. The fourth-order valence-electron chi connectivity index (χ4n) is 1.91. The molecule has 1 aliphatic heterocycles. The molecule has 16 heavy (non-hydrogen) atoms. The Labute approximate surface area is 102 Å². The second-order valence-corrected chi connectivity index (χ2v) is 5.54. The lowest BCUT2D eigenvalue weighted by molar-refractivity contribution is 0.1000. The fourth-order valence-corrected chi connectivity index (χ4v) is 3.16. The van der Waals surface area contributed by atoms with E-state index in [1.807, 2.05) is 23.9 Å². The Bertz CT molecular complexity index is 348. The summed E-state index contributed by atoms with van der Waals surface area (Å²) in [6, 6.07) is 6.19. The van der Waals surface area contributed by atoms with Crippen LogP contribution in [0.3, 0.4) is 0 Å². The molecule has 0 amide bonds. The highest BCUT2D eigenvalue weighted by molar-refractivity contribution is 7.99. The van der Waals surface area contributed by atoms with Crippen molar-refractivity contribution in [1.29, 1.82) is 0 Å². The van der Waals surface area contributed by atoms with E-state index in [0.717, 1.165) is 29.9 Å². The highest BCUT2D eigenvalue weighted by Gasteiger charge is 2.14. The Balaban J connectivity index is 1.91. The highest BCUT2D eigenvalue weighted by Crippen LogP contribution is 2.27. The monoisotopic (exact) mass is 237 g/mol. The molecule has 0 bridgehead atoms. The Hall–Kier alpha value is -0.670. The summed E-state index contributed by atoms with van der Waals surface area (Å²) in [6.45, 7) is 3.95. The summed E-state index contributed by atoms with van der Waals surface area (Å²) < 4.78 is 5.36. The van der Waals surface area contributed by atoms with Crippen molar-refractivity contribution >= 4 is 17.4 Å². The van der Waals surface area contributed by atoms with Gasteiger partial charge in [-0.15, -0.1) is 0 Å². The Morgan fingerprint density at radius 2 is 2.12 bits per heavy atom. The lowest BCUT2D eigenvalue weighted by Crippen LogP contribution is -2.17. The first-order valence-electron chi connectivity index (χ1n) is 5.80. The SMILES string of the molecule is Cc1c(N)cccc1CSC1CCOCC1. The van der Waals surface area contributed by atoms with E-state index in [1.165, 1.54) is 24.0 Å². The lowest BCUT2D eigenvalue weighted by atomic mass is 10.1. The van der Waals surface area contributed by atoms with Crippen LogP contribution >= 0.6 is 11.8 Å². The van der Waals surface area contributed by atoms with E-state index in [0.29, 0.717) is 0 Å². The van der Waals surface area contributed by atoms with E-state index in [2.05, 4.69) is 13.0 Å². The van der Waals surface area contributed by atoms with Crippen molar-refractivity contribution in [1.82, 2.24) is 0 Å². The third kappa shape index (κ3) is 2.92. The molecule has 1 aromatic rings. The number of thioether (sulfide) groups is 1. The number of rotatable bonds is 3. The zero-order valence-electron chi connectivity index (χ0n) is 9.74. The van der Waals surface area contributed by atoms with Crippen LogP contribution in [0, 0.1) is 6.92 Å². The summed E-state index contributed by atoms with van der Waals surface area (Å²) in [7, 11) is 0. The van der Waals surface area contributed by atoms with E-state index in [4.69, 9.17) is 10.5 Å². The van der Waals surface area contributed by atoms with Gasteiger partial charge in [0.2, 0.25) is 0 Å². The zero-order valence-corrected chi connectivity index (χ0v) is 10.6. The number of hydrogen-bond acceptors (Lipinski definition) is 3. The van der Waals surface area contributed by atoms with Crippen LogP contribution < -0.4 is 5.73 Å². The molecule has 0 aliphatic carbocycles. The van der Waals surface area contributed by atoms with Crippen molar-refractivity contribution in [2.75, 3.05) is 18.9 Å². The number of anilines is 1.